The second kappa shape index (κ2) is 10.0. The molecule has 6 nitrogen and oxygen atoms in total. The summed E-state index contributed by atoms with van der Waals surface area (Å²) < 4.78 is 20.0. The normalized spacial score (nSPS) is 10.8. The minimum atomic E-state index is -0.341. The number of methoxy groups -OCH3 is 1. The van der Waals surface area contributed by atoms with Crippen LogP contribution < -0.4 is 15.6 Å². The smallest absolute Gasteiger partial charge is 0.263 e. The fourth-order valence-corrected chi connectivity index (χ4v) is 5.07. The Morgan fingerprint density at radius 2 is 2.09 bits per heavy atom. The summed E-state index contributed by atoms with van der Waals surface area (Å²) in [5.41, 5.74) is 1.84. The molecule has 0 aliphatic rings. The first-order chi connectivity index (χ1) is 16.0. The van der Waals surface area contributed by atoms with Gasteiger partial charge < -0.3 is 10.1 Å². The van der Waals surface area contributed by atoms with Crippen LogP contribution in [-0.4, -0.2) is 28.3 Å². The number of anilines is 1. The highest BCUT2D eigenvalue weighted by atomic mass is 32.2. The van der Waals surface area contributed by atoms with Gasteiger partial charge in [0.05, 0.1) is 18.2 Å². The van der Waals surface area contributed by atoms with E-state index in [9.17, 15) is 14.0 Å². The molecule has 0 saturated carbocycles. The van der Waals surface area contributed by atoms with Gasteiger partial charge in [-0.3, -0.25) is 14.2 Å². The molecule has 2 aromatic heterocycles. The lowest BCUT2D eigenvalue weighted by Gasteiger charge is -2.11. The number of fused-ring (bicyclic) bond motifs is 1. The number of nitrogens with one attached hydrogen (secondary N) is 1. The highest BCUT2D eigenvalue weighted by molar-refractivity contribution is 7.99. The SMILES string of the molecule is C=CCn1c(SCC(=O)Nc2cccc(OC)c2)nc2scc(-c3ccc(F)cc3)c2c1=O. The molecule has 1 amide bonds. The van der Waals surface area contributed by atoms with Crippen LogP contribution in [0, 0.1) is 5.82 Å². The molecule has 4 rings (SSSR count). The van der Waals surface area contributed by atoms with Gasteiger partial charge in [-0.15, -0.1) is 17.9 Å². The summed E-state index contributed by atoms with van der Waals surface area (Å²) in [6.07, 6.45) is 1.61. The molecule has 0 atom stereocenters. The zero-order valence-corrected chi connectivity index (χ0v) is 19.3. The Hall–Kier alpha value is -3.43. The number of hydrogen-bond acceptors (Lipinski definition) is 6. The van der Waals surface area contributed by atoms with E-state index in [2.05, 4.69) is 16.9 Å². The predicted octanol–water partition coefficient (Wildman–Crippen LogP) is 5.19. The first-order valence-corrected chi connectivity index (χ1v) is 11.8. The molecule has 9 heteroatoms. The first-order valence-electron chi connectivity index (χ1n) is 9.95. The first kappa shape index (κ1) is 22.8. The van der Waals surface area contributed by atoms with Crippen LogP contribution >= 0.6 is 23.1 Å². The lowest BCUT2D eigenvalue weighted by Crippen LogP contribution is -2.23. The topological polar surface area (TPSA) is 73.2 Å². The maximum atomic E-state index is 13.3. The number of carbonyl (C=O) groups excluding carboxylic acids is 1. The van der Waals surface area contributed by atoms with Crippen LogP contribution in [-0.2, 0) is 11.3 Å². The van der Waals surface area contributed by atoms with E-state index in [4.69, 9.17) is 4.74 Å². The van der Waals surface area contributed by atoms with Gasteiger partial charge in [-0.1, -0.05) is 36.0 Å². The number of carbonyl (C=O) groups is 1. The Balaban J connectivity index is 1.61. The number of nitrogens with zero attached hydrogens (tertiary/aromatic N) is 2. The standard InChI is InChI=1S/C24H20FN3O3S2/c1-3-11-28-23(30)21-19(15-7-9-16(25)10-8-15)13-32-22(21)27-24(28)33-14-20(29)26-17-5-4-6-18(12-17)31-2/h3-10,12-13H,1,11,14H2,2H3,(H,26,29). The lowest BCUT2D eigenvalue weighted by atomic mass is 10.1. The van der Waals surface area contributed by atoms with E-state index >= 15 is 0 Å². The van der Waals surface area contributed by atoms with Crippen molar-refractivity contribution in [3.05, 3.63) is 82.7 Å². The van der Waals surface area contributed by atoms with Gasteiger partial charge in [0.2, 0.25) is 5.91 Å². The highest BCUT2D eigenvalue weighted by Gasteiger charge is 2.18. The van der Waals surface area contributed by atoms with Gasteiger partial charge in [-0.2, -0.15) is 0 Å². The van der Waals surface area contributed by atoms with Crippen molar-refractivity contribution in [2.24, 2.45) is 0 Å². The van der Waals surface area contributed by atoms with Gasteiger partial charge in [-0.25, -0.2) is 9.37 Å². The zero-order chi connectivity index (χ0) is 23.4. The maximum Gasteiger partial charge on any atom is 0.263 e. The summed E-state index contributed by atoms with van der Waals surface area (Å²) in [6, 6.07) is 13.1. The van der Waals surface area contributed by atoms with Gasteiger partial charge in [-0.05, 0) is 29.8 Å². The molecule has 2 aromatic carbocycles. The Bertz CT molecular complexity index is 1380. The summed E-state index contributed by atoms with van der Waals surface area (Å²) in [4.78, 5) is 31.0. The molecular formula is C24H20FN3O3S2. The quantitative estimate of drug-likeness (QED) is 0.213. The van der Waals surface area contributed by atoms with Gasteiger partial charge in [0.1, 0.15) is 16.4 Å². The average molecular weight is 482 g/mol. The van der Waals surface area contributed by atoms with E-state index in [0.717, 1.165) is 5.56 Å². The summed E-state index contributed by atoms with van der Waals surface area (Å²) in [7, 11) is 1.56. The molecule has 0 spiro atoms. The minimum absolute atomic E-state index is 0.0719. The third kappa shape index (κ3) is 4.99. The molecule has 33 heavy (non-hydrogen) atoms. The van der Waals surface area contributed by atoms with E-state index in [1.54, 1.807) is 49.6 Å². The van der Waals surface area contributed by atoms with Crippen LogP contribution in [0.15, 0.2) is 76.5 Å². The number of benzene rings is 2. The molecule has 0 bridgehead atoms. The Morgan fingerprint density at radius 1 is 1.30 bits per heavy atom. The number of hydrogen-bond donors (Lipinski definition) is 1. The maximum absolute atomic E-state index is 13.3. The van der Waals surface area contributed by atoms with E-state index in [0.29, 0.717) is 32.4 Å². The van der Waals surface area contributed by atoms with E-state index in [1.807, 2.05) is 5.38 Å². The Labute approximate surface area is 197 Å². The van der Waals surface area contributed by atoms with Crippen molar-refractivity contribution < 1.29 is 13.9 Å². The molecule has 1 N–H and O–H groups in total. The van der Waals surface area contributed by atoms with Crippen LogP contribution in [0.25, 0.3) is 21.3 Å². The molecule has 0 fully saturated rings. The summed E-state index contributed by atoms with van der Waals surface area (Å²) >= 11 is 2.52. The largest absolute Gasteiger partial charge is 0.497 e. The van der Waals surface area contributed by atoms with Crippen LogP contribution in [0.2, 0.25) is 0 Å². The number of allylic oxidation sites excluding steroid dienone is 1. The average Bonchev–Trinajstić information content (AvgIpc) is 3.24. The number of rotatable bonds is 8. The lowest BCUT2D eigenvalue weighted by molar-refractivity contribution is -0.113. The monoisotopic (exact) mass is 481 g/mol. The van der Waals surface area contributed by atoms with Gasteiger partial charge in [0.25, 0.3) is 5.56 Å². The molecule has 0 aliphatic heterocycles. The number of amides is 1. The number of thiophene rings is 1. The Kier molecular flexibility index (Phi) is 6.90. The molecule has 168 valence electrons. The van der Waals surface area contributed by atoms with Crippen molar-refractivity contribution in [2.45, 2.75) is 11.7 Å². The van der Waals surface area contributed by atoms with Gasteiger partial charge in [0, 0.05) is 29.2 Å². The van der Waals surface area contributed by atoms with Crippen molar-refractivity contribution in [3.63, 3.8) is 0 Å². The summed E-state index contributed by atoms with van der Waals surface area (Å²) in [6.45, 7) is 3.99. The molecular weight excluding hydrogens is 461 g/mol. The van der Waals surface area contributed by atoms with Crippen LogP contribution in [0.5, 0.6) is 5.75 Å². The van der Waals surface area contributed by atoms with Gasteiger partial charge in [0.15, 0.2) is 5.16 Å². The molecule has 0 aliphatic carbocycles. The molecule has 0 radical (unpaired) electrons. The van der Waals surface area contributed by atoms with Crippen molar-refractivity contribution >= 4 is 44.9 Å². The second-order valence-corrected chi connectivity index (χ2v) is 8.80. The molecule has 4 aromatic rings. The molecule has 0 unspecified atom stereocenters. The second-order valence-electron chi connectivity index (χ2n) is 7.00. The molecule has 2 heterocycles. The predicted molar refractivity (Wildman–Crippen MR) is 132 cm³/mol. The molecule has 0 saturated heterocycles. The van der Waals surface area contributed by atoms with E-state index in [-0.39, 0.29) is 29.6 Å². The number of halogens is 1. The summed E-state index contributed by atoms with van der Waals surface area (Å²) in [5.74, 6) is 0.141. The Morgan fingerprint density at radius 3 is 2.82 bits per heavy atom. The van der Waals surface area contributed by atoms with Crippen molar-refractivity contribution in [1.29, 1.82) is 0 Å². The van der Waals surface area contributed by atoms with Crippen molar-refractivity contribution in [2.75, 3.05) is 18.2 Å². The van der Waals surface area contributed by atoms with Crippen LogP contribution in [0.1, 0.15) is 0 Å². The summed E-state index contributed by atoms with van der Waals surface area (Å²) in [5, 5.41) is 5.56. The fourth-order valence-electron chi connectivity index (χ4n) is 3.28. The highest BCUT2D eigenvalue weighted by Crippen LogP contribution is 2.32. The van der Waals surface area contributed by atoms with Crippen LogP contribution in [0.3, 0.4) is 0 Å². The third-order valence-corrected chi connectivity index (χ3v) is 6.66. The minimum Gasteiger partial charge on any atom is -0.497 e. The van der Waals surface area contributed by atoms with Gasteiger partial charge >= 0.3 is 0 Å². The third-order valence-electron chi connectivity index (χ3n) is 4.81. The van der Waals surface area contributed by atoms with Crippen LogP contribution in [0.4, 0.5) is 10.1 Å². The fraction of sp³-hybridized carbons (Fsp3) is 0.125. The van der Waals surface area contributed by atoms with Crippen molar-refractivity contribution in [1.82, 2.24) is 9.55 Å². The van der Waals surface area contributed by atoms with E-state index in [1.165, 1.54) is 39.8 Å². The number of thioether (sulfide) groups is 1. The number of aromatic nitrogens is 2. The van der Waals surface area contributed by atoms with E-state index < -0.39 is 0 Å². The van der Waals surface area contributed by atoms with Crippen molar-refractivity contribution in [3.8, 4) is 16.9 Å². The number of ether oxygens (including phenoxy) is 1. The zero-order valence-electron chi connectivity index (χ0n) is 17.7.